The van der Waals surface area contributed by atoms with Crippen molar-refractivity contribution in [3.05, 3.63) is 85.1 Å². The number of hydrogen-bond donors (Lipinski definition) is 4. The number of rotatable bonds is 39. The first-order valence-corrected chi connectivity index (χ1v) is 23.2. The molecule has 0 aliphatic rings. The van der Waals surface area contributed by atoms with E-state index in [1.807, 2.05) is 0 Å². The fraction of sp³-hybridized carbons (Fsp3) is 0.674. The summed E-state index contributed by atoms with van der Waals surface area (Å²) in [6.07, 6.45) is 54.5. The van der Waals surface area contributed by atoms with Crippen LogP contribution < -0.4 is 11.1 Å². The lowest BCUT2D eigenvalue weighted by Gasteiger charge is -2.25. The van der Waals surface area contributed by atoms with Crippen molar-refractivity contribution >= 4 is 13.7 Å². The van der Waals surface area contributed by atoms with Gasteiger partial charge < -0.3 is 21.1 Å². The molecule has 55 heavy (non-hydrogen) atoms. The Bertz CT molecular complexity index is 1130. The summed E-state index contributed by atoms with van der Waals surface area (Å²) in [4.78, 5) is 22.7. The molecule has 316 valence electrons. The molecule has 0 aromatic heterocycles. The van der Waals surface area contributed by atoms with Gasteiger partial charge >= 0.3 is 7.82 Å². The van der Waals surface area contributed by atoms with Gasteiger partial charge in [-0.15, -0.1) is 0 Å². The number of allylic oxidation sites excluding steroid dienone is 14. The number of hydrogen-bond acceptors (Lipinski definition) is 6. The predicted octanol–water partition coefficient (Wildman–Crippen LogP) is 12.2. The zero-order valence-corrected chi connectivity index (χ0v) is 35.8. The Hall–Kier alpha value is -2.32. The number of carbonyl (C=O) groups is 1. The second kappa shape index (κ2) is 41.3. The highest BCUT2D eigenvalue weighted by Gasteiger charge is 2.27. The van der Waals surface area contributed by atoms with Crippen LogP contribution in [-0.4, -0.2) is 47.8 Å². The van der Waals surface area contributed by atoms with E-state index in [0.29, 0.717) is 12.8 Å². The fourth-order valence-corrected chi connectivity index (χ4v) is 6.53. The summed E-state index contributed by atoms with van der Waals surface area (Å²) in [7, 11) is -4.34. The third-order valence-corrected chi connectivity index (χ3v) is 10.00. The number of carbonyl (C=O) groups excluding carboxylic acids is 1. The number of amides is 1. The number of unbranched alkanes of at least 4 members (excludes halogenated alkanes) is 13. The minimum atomic E-state index is -4.34. The molecule has 0 aromatic carbocycles. The predicted molar refractivity (Wildman–Crippen MR) is 235 cm³/mol. The molecule has 0 rings (SSSR count). The molecular formula is C46H81N2O6P. The second-order valence-electron chi connectivity index (χ2n) is 14.2. The molecule has 8 nitrogen and oxygen atoms in total. The van der Waals surface area contributed by atoms with Crippen LogP contribution in [-0.2, 0) is 18.4 Å². The van der Waals surface area contributed by atoms with Crippen molar-refractivity contribution in [2.45, 2.75) is 180 Å². The maximum atomic E-state index is 12.8. The van der Waals surface area contributed by atoms with E-state index >= 15 is 0 Å². The van der Waals surface area contributed by atoms with Crippen molar-refractivity contribution in [1.29, 1.82) is 0 Å². The number of phosphoric ester groups is 1. The molecule has 0 saturated heterocycles. The van der Waals surface area contributed by atoms with Gasteiger partial charge in [-0.25, -0.2) is 4.57 Å². The van der Waals surface area contributed by atoms with Crippen molar-refractivity contribution in [2.75, 3.05) is 19.8 Å². The molecule has 0 aromatic rings. The summed E-state index contributed by atoms with van der Waals surface area (Å²) < 4.78 is 22.1. The van der Waals surface area contributed by atoms with Gasteiger partial charge in [-0.05, 0) is 64.2 Å². The van der Waals surface area contributed by atoms with E-state index in [1.165, 1.54) is 64.2 Å². The minimum absolute atomic E-state index is 0.0750. The molecule has 1 amide bonds. The van der Waals surface area contributed by atoms with Crippen molar-refractivity contribution in [3.8, 4) is 0 Å². The van der Waals surface area contributed by atoms with E-state index < -0.39 is 20.0 Å². The molecule has 3 atom stereocenters. The Labute approximate surface area is 337 Å². The molecule has 0 bridgehead atoms. The molecule has 0 heterocycles. The molecule has 0 aliphatic heterocycles. The maximum Gasteiger partial charge on any atom is 0.472 e. The Morgan fingerprint density at radius 3 is 1.47 bits per heavy atom. The van der Waals surface area contributed by atoms with E-state index in [-0.39, 0.29) is 32.1 Å². The molecule has 0 saturated carbocycles. The van der Waals surface area contributed by atoms with Crippen LogP contribution in [0.4, 0.5) is 0 Å². The zero-order chi connectivity index (χ0) is 40.3. The molecule has 5 N–H and O–H groups in total. The topological polar surface area (TPSA) is 131 Å². The average Bonchev–Trinajstić information content (AvgIpc) is 3.17. The lowest BCUT2D eigenvalue weighted by Crippen LogP contribution is -2.46. The maximum absolute atomic E-state index is 12.8. The highest BCUT2D eigenvalue weighted by molar-refractivity contribution is 7.47. The van der Waals surface area contributed by atoms with Crippen molar-refractivity contribution in [3.63, 3.8) is 0 Å². The Kier molecular flexibility index (Phi) is 39.6. The van der Waals surface area contributed by atoms with Crippen molar-refractivity contribution in [2.24, 2.45) is 5.73 Å². The van der Waals surface area contributed by atoms with Crippen LogP contribution in [0.2, 0.25) is 0 Å². The molecule has 0 radical (unpaired) electrons. The van der Waals surface area contributed by atoms with Crippen LogP contribution in [0.25, 0.3) is 0 Å². The molecule has 0 fully saturated rings. The first kappa shape index (κ1) is 52.7. The lowest BCUT2D eigenvalue weighted by atomic mass is 10.0. The monoisotopic (exact) mass is 789 g/mol. The normalized spacial score (nSPS) is 14.9. The minimum Gasteiger partial charge on any atom is -0.391 e. The SMILES string of the molecule is CC/C=C\C/C=C\C/C=C\C/C=C\C/C=C\C/C=C\C/C=C\CCCC(=O)NC(COP(=O)(O)OCCN)C(O)CCCCCCCCCCCCCCC. The number of phosphoric acid groups is 1. The zero-order valence-electron chi connectivity index (χ0n) is 34.9. The second-order valence-corrected chi connectivity index (χ2v) is 15.6. The number of nitrogens with two attached hydrogens (primary N) is 1. The molecule has 0 spiro atoms. The van der Waals surface area contributed by atoms with Gasteiger partial charge in [0.25, 0.3) is 0 Å². The van der Waals surface area contributed by atoms with E-state index in [4.69, 9.17) is 14.8 Å². The third kappa shape index (κ3) is 39.7. The Morgan fingerprint density at radius 2 is 1.04 bits per heavy atom. The van der Waals surface area contributed by atoms with Crippen LogP contribution in [0.15, 0.2) is 85.1 Å². The van der Waals surface area contributed by atoms with Crippen LogP contribution in [0, 0.1) is 0 Å². The van der Waals surface area contributed by atoms with Gasteiger partial charge in [0.15, 0.2) is 0 Å². The standard InChI is InChI=1S/C46H81N2O6P/c1-3-5-7-9-11-13-15-17-18-19-20-21-22-23-24-25-26-28-30-32-34-36-38-40-46(50)48-44(43-54-55(51,52)53-42-41-47)45(49)39-37-35-33-31-29-27-16-14-12-10-8-6-4-2/h5,7,11,13,17-18,20-21,23-24,26,28,32,34,44-45,49H,3-4,6,8-10,12,14-16,19,22,25,27,29-31,33,35-43,47H2,1-2H3,(H,48,50)(H,51,52)/b7-5-,13-11-,18-17-,21-20-,24-23-,28-26-,34-32-. The van der Waals surface area contributed by atoms with E-state index in [0.717, 1.165) is 70.6 Å². The van der Waals surface area contributed by atoms with Gasteiger partial charge in [0.1, 0.15) is 0 Å². The summed E-state index contributed by atoms with van der Waals surface area (Å²) in [6.45, 7) is 4.03. The number of nitrogens with one attached hydrogen (secondary N) is 1. The highest BCUT2D eigenvalue weighted by atomic mass is 31.2. The molecule has 0 aliphatic carbocycles. The lowest BCUT2D eigenvalue weighted by molar-refractivity contribution is -0.123. The average molecular weight is 789 g/mol. The van der Waals surface area contributed by atoms with Gasteiger partial charge in [-0.2, -0.15) is 0 Å². The molecule has 3 unspecified atom stereocenters. The Morgan fingerprint density at radius 1 is 0.618 bits per heavy atom. The van der Waals surface area contributed by atoms with Crippen LogP contribution in [0.5, 0.6) is 0 Å². The van der Waals surface area contributed by atoms with Gasteiger partial charge in [0.05, 0.1) is 25.4 Å². The Balaban J connectivity index is 4.30. The van der Waals surface area contributed by atoms with Crippen molar-refractivity contribution in [1.82, 2.24) is 5.32 Å². The first-order chi connectivity index (χ1) is 26.9. The number of aliphatic hydroxyl groups excluding tert-OH is 1. The van der Waals surface area contributed by atoms with Crippen molar-refractivity contribution < 1.29 is 28.4 Å². The highest BCUT2D eigenvalue weighted by Crippen LogP contribution is 2.43. The summed E-state index contributed by atoms with van der Waals surface area (Å²) in [5.41, 5.74) is 5.37. The van der Waals surface area contributed by atoms with Crippen LogP contribution >= 0.6 is 7.82 Å². The quantitative estimate of drug-likeness (QED) is 0.0277. The van der Waals surface area contributed by atoms with Gasteiger partial charge in [0, 0.05) is 13.0 Å². The molecular weight excluding hydrogens is 707 g/mol. The van der Waals surface area contributed by atoms with Crippen LogP contribution in [0.3, 0.4) is 0 Å². The summed E-state index contributed by atoms with van der Waals surface area (Å²) >= 11 is 0. The van der Waals surface area contributed by atoms with Crippen LogP contribution in [0.1, 0.15) is 168 Å². The van der Waals surface area contributed by atoms with E-state index in [2.05, 4.69) is 104 Å². The summed E-state index contributed by atoms with van der Waals surface area (Å²) in [5, 5.41) is 13.7. The van der Waals surface area contributed by atoms with E-state index in [1.54, 1.807) is 0 Å². The summed E-state index contributed by atoms with van der Waals surface area (Å²) in [5.74, 6) is -0.223. The van der Waals surface area contributed by atoms with Gasteiger partial charge in [-0.1, -0.05) is 182 Å². The largest absolute Gasteiger partial charge is 0.472 e. The van der Waals surface area contributed by atoms with Gasteiger partial charge in [-0.3, -0.25) is 13.8 Å². The molecule has 9 heteroatoms. The van der Waals surface area contributed by atoms with Gasteiger partial charge in [0.2, 0.25) is 5.91 Å². The van der Waals surface area contributed by atoms with E-state index in [9.17, 15) is 19.4 Å². The fourth-order valence-electron chi connectivity index (χ4n) is 5.77. The third-order valence-electron chi connectivity index (χ3n) is 9.01. The summed E-state index contributed by atoms with van der Waals surface area (Å²) in [6, 6.07) is -0.810. The smallest absolute Gasteiger partial charge is 0.391 e. The number of aliphatic hydroxyl groups is 1. The first-order valence-electron chi connectivity index (χ1n) is 21.7.